The van der Waals surface area contributed by atoms with E-state index in [2.05, 4.69) is 40.9 Å². The van der Waals surface area contributed by atoms with Crippen LogP contribution in [0, 0.1) is 5.82 Å². The summed E-state index contributed by atoms with van der Waals surface area (Å²) in [6.07, 6.45) is 3.17. The second-order valence-corrected chi connectivity index (χ2v) is 10.7. The Hall–Kier alpha value is -5.30. The van der Waals surface area contributed by atoms with E-state index < -0.39 is 18.3 Å². The second kappa shape index (κ2) is 10.8. The zero-order valence-electron chi connectivity index (χ0n) is 23.0. The van der Waals surface area contributed by atoms with E-state index in [-0.39, 0.29) is 23.3 Å². The molecule has 1 fully saturated rings. The zero-order chi connectivity index (χ0) is 29.5. The molecule has 0 saturated heterocycles. The lowest BCUT2D eigenvalue weighted by Crippen LogP contribution is -2.39. The Kier molecular flexibility index (Phi) is 6.70. The first-order valence-electron chi connectivity index (χ1n) is 13.9. The Bertz CT molecular complexity index is 1820. The maximum absolute atomic E-state index is 15.2. The van der Waals surface area contributed by atoms with E-state index >= 15 is 4.39 Å². The van der Waals surface area contributed by atoms with Crippen LogP contribution in [0.15, 0.2) is 54.6 Å². The predicted molar refractivity (Wildman–Crippen MR) is 156 cm³/mol. The lowest BCUT2D eigenvalue weighted by atomic mass is 9.93. The van der Waals surface area contributed by atoms with Crippen LogP contribution in [0.3, 0.4) is 0 Å². The van der Waals surface area contributed by atoms with E-state index in [1.807, 2.05) is 30.3 Å². The first-order chi connectivity index (χ1) is 21.0. The molecule has 0 spiro atoms. The molecule has 0 unspecified atom stereocenters. The molecular formula is C30H27FN10O2. The summed E-state index contributed by atoms with van der Waals surface area (Å²) in [4.78, 5) is 28.2. The van der Waals surface area contributed by atoms with Gasteiger partial charge >= 0.3 is 0 Å². The van der Waals surface area contributed by atoms with Gasteiger partial charge in [-0.05, 0) is 76.6 Å². The lowest BCUT2D eigenvalue weighted by Gasteiger charge is -2.31. The number of carbonyl (C=O) groups excluding carboxylic acids is 1. The SMILES string of the molecule is Nc1nc(Nc2ccc(Cc3nnn[nH]3)cc2)nc(-c2cccc(N3CCc4cc(C5CC5)cc(F)c4C3=O)c2CO)n1. The molecule has 2 aliphatic rings. The van der Waals surface area contributed by atoms with E-state index in [1.54, 1.807) is 18.2 Å². The minimum atomic E-state index is -0.500. The van der Waals surface area contributed by atoms with E-state index in [1.165, 1.54) is 11.0 Å². The van der Waals surface area contributed by atoms with Gasteiger partial charge in [0.25, 0.3) is 5.91 Å². The van der Waals surface area contributed by atoms with E-state index in [0.29, 0.717) is 47.9 Å². The molecule has 1 saturated carbocycles. The van der Waals surface area contributed by atoms with Gasteiger partial charge in [0.05, 0.1) is 17.9 Å². The molecule has 0 bridgehead atoms. The molecule has 5 aromatic rings. The van der Waals surface area contributed by atoms with Crippen molar-refractivity contribution in [2.75, 3.05) is 22.5 Å². The summed E-state index contributed by atoms with van der Waals surface area (Å²) < 4.78 is 15.2. The van der Waals surface area contributed by atoms with Crippen molar-refractivity contribution < 1.29 is 14.3 Å². The molecule has 3 aromatic carbocycles. The fourth-order valence-electron chi connectivity index (χ4n) is 5.53. The van der Waals surface area contributed by atoms with Crippen LogP contribution >= 0.6 is 0 Å². The van der Waals surface area contributed by atoms with Gasteiger partial charge in [0, 0.05) is 29.8 Å². The highest BCUT2D eigenvalue weighted by Crippen LogP contribution is 2.42. The molecule has 12 nitrogen and oxygen atoms in total. The van der Waals surface area contributed by atoms with Crippen molar-refractivity contribution in [2.24, 2.45) is 0 Å². The first-order valence-corrected chi connectivity index (χ1v) is 13.9. The minimum Gasteiger partial charge on any atom is -0.392 e. The Balaban J connectivity index is 1.17. The summed E-state index contributed by atoms with van der Waals surface area (Å²) in [7, 11) is 0. The fraction of sp³-hybridized carbons (Fsp3) is 0.233. The average Bonchev–Trinajstić information content (AvgIpc) is 3.74. The highest BCUT2D eigenvalue weighted by molar-refractivity contribution is 6.09. The number of nitrogens with zero attached hydrogens (tertiary/aromatic N) is 7. The number of anilines is 4. The van der Waals surface area contributed by atoms with Gasteiger partial charge < -0.3 is 21.1 Å². The highest BCUT2D eigenvalue weighted by atomic mass is 19.1. The number of aliphatic hydroxyl groups is 1. The van der Waals surface area contributed by atoms with Crippen molar-refractivity contribution in [3.63, 3.8) is 0 Å². The Morgan fingerprint density at radius 3 is 2.67 bits per heavy atom. The van der Waals surface area contributed by atoms with Crippen LogP contribution in [0.5, 0.6) is 0 Å². The molecule has 2 aromatic heterocycles. The Labute approximate surface area is 245 Å². The number of halogens is 1. The smallest absolute Gasteiger partial charge is 0.261 e. The normalized spacial score (nSPS) is 14.6. The second-order valence-electron chi connectivity index (χ2n) is 10.7. The lowest BCUT2D eigenvalue weighted by molar-refractivity contribution is 0.0976. The van der Waals surface area contributed by atoms with Gasteiger partial charge in [-0.25, -0.2) is 9.49 Å². The fourth-order valence-corrected chi connectivity index (χ4v) is 5.53. The molecule has 5 N–H and O–H groups in total. The monoisotopic (exact) mass is 578 g/mol. The van der Waals surface area contributed by atoms with Gasteiger partial charge in [0.15, 0.2) is 11.6 Å². The standard InChI is InChI=1S/C30H27FN10O2/c31-23-14-19(17-6-7-17)13-18-10-11-41(28(43)26(18)23)24-3-1-2-21(22(24)15-42)27-34-29(32)36-30(35-27)33-20-8-4-16(5-9-20)12-25-37-39-40-38-25/h1-5,8-9,13-14,17,42H,6-7,10-12,15H2,(H,37,38,39,40)(H3,32,33,34,35,36). The van der Waals surface area contributed by atoms with Crippen LogP contribution < -0.4 is 16.0 Å². The summed E-state index contributed by atoms with van der Waals surface area (Å²) >= 11 is 0. The molecule has 1 aliphatic heterocycles. The number of H-pyrrole nitrogens is 1. The van der Waals surface area contributed by atoms with Crippen molar-refractivity contribution in [3.8, 4) is 11.4 Å². The number of nitrogens with two attached hydrogens (primary N) is 1. The van der Waals surface area contributed by atoms with Gasteiger partial charge in [-0.2, -0.15) is 15.0 Å². The third-order valence-electron chi connectivity index (χ3n) is 7.77. The van der Waals surface area contributed by atoms with E-state index in [4.69, 9.17) is 5.73 Å². The number of aromatic nitrogens is 7. The molecule has 0 atom stereocenters. The summed E-state index contributed by atoms with van der Waals surface area (Å²) in [6, 6.07) is 16.3. The maximum atomic E-state index is 15.2. The van der Waals surface area contributed by atoms with Crippen molar-refractivity contribution in [3.05, 3.63) is 94.1 Å². The van der Waals surface area contributed by atoms with Gasteiger partial charge in [-0.3, -0.25) is 4.79 Å². The molecule has 3 heterocycles. The topological polar surface area (TPSA) is 172 Å². The minimum absolute atomic E-state index is 0.0206. The maximum Gasteiger partial charge on any atom is 0.261 e. The van der Waals surface area contributed by atoms with Gasteiger partial charge in [-0.15, -0.1) is 5.10 Å². The highest BCUT2D eigenvalue weighted by Gasteiger charge is 2.33. The van der Waals surface area contributed by atoms with Gasteiger partial charge in [0.2, 0.25) is 11.9 Å². The number of hydrogen-bond acceptors (Lipinski definition) is 10. The summed E-state index contributed by atoms with van der Waals surface area (Å²) in [5.74, 6) is 0.516. The van der Waals surface area contributed by atoms with Crippen molar-refractivity contribution in [2.45, 2.75) is 38.2 Å². The zero-order valence-corrected chi connectivity index (χ0v) is 23.0. The first kappa shape index (κ1) is 26.6. The number of carbonyl (C=O) groups is 1. The average molecular weight is 579 g/mol. The van der Waals surface area contributed by atoms with E-state index in [9.17, 15) is 9.90 Å². The van der Waals surface area contributed by atoms with Gasteiger partial charge in [-0.1, -0.05) is 30.3 Å². The van der Waals surface area contributed by atoms with Gasteiger partial charge in [0.1, 0.15) is 5.82 Å². The van der Waals surface area contributed by atoms with E-state index in [0.717, 1.165) is 35.2 Å². The van der Waals surface area contributed by atoms with Crippen LogP contribution in [-0.2, 0) is 19.4 Å². The Morgan fingerprint density at radius 2 is 1.93 bits per heavy atom. The number of tetrazole rings is 1. The Morgan fingerprint density at radius 1 is 1.09 bits per heavy atom. The molecular weight excluding hydrogens is 551 g/mol. The van der Waals surface area contributed by atoms with Crippen molar-refractivity contribution in [1.29, 1.82) is 0 Å². The van der Waals surface area contributed by atoms with Crippen LogP contribution in [0.1, 0.15) is 57.2 Å². The number of hydrogen-bond donors (Lipinski definition) is 4. The largest absolute Gasteiger partial charge is 0.392 e. The number of benzene rings is 3. The molecule has 7 rings (SSSR count). The van der Waals surface area contributed by atoms with Crippen molar-refractivity contribution >= 4 is 29.2 Å². The van der Waals surface area contributed by atoms with Crippen LogP contribution in [0.4, 0.5) is 27.7 Å². The molecule has 0 radical (unpaired) electrons. The molecule has 1 aliphatic carbocycles. The van der Waals surface area contributed by atoms with Crippen LogP contribution in [-0.4, -0.2) is 53.1 Å². The molecule has 1 amide bonds. The third-order valence-corrected chi connectivity index (χ3v) is 7.77. The summed E-state index contributed by atoms with van der Waals surface area (Å²) in [6.45, 7) is -0.0489. The quantitative estimate of drug-likeness (QED) is 0.213. The number of aliphatic hydroxyl groups excluding tert-OH is 1. The summed E-state index contributed by atoms with van der Waals surface area (Å²) in [5, 5.41) is 27.4. The number of rotatable bonds is 8. The number of fused-ring (bicyclic) bond motifs is 1. The van der Waals surface area contributed by atoms with Crippen molar-refractivity contribution in [1.82, 2.24) is 35.6 Å². The third kappa shape index (κ3) is 5.26. The van der Waals surface area contributed by atoms with Crippen LogP contribution in [0.2, 0.25) is 0 Å². The van der Waals surface area contributed by atoms with Crippen LogP contribution in [0.25, 0.3) is 11.4 Å². The number of nitrogens with one attached hydrogen (secondary N) is 2. The molecule has 13 heteroatoms. The molecule has 43 heavy (non-hydrogen) atoms. The number of nitrogen functional groups attached to an aromatic ring is 1. The molecule has 216 valence electrons. The number of amides is 1. The summed E-state index contributed by atoms with van der Waals surface area (Å²) in [5.41, 5.74) is 10.9. The number of aromatic amines is 1. The predicted octanol–water partition coefficient (Wildman–Crippen LogP) is 3.68.